The molecule has 106 valence electrons. The molecular weight excluding hydrogens is 262 g/mol. The molecular formula is C14H22ClN3O. The molecule has 1 fully saturated rings. The van der Waals surface area contributed by atoms with E-state index in [1.54, 1.807) is 0 Å². The minimum absolute atomic E-state index is 0.129. The van der Waals surface area contributed by atoms with Gasteiger partial charge in [-0.2, -0.15) is 4.98 Å². The Morgan fingerprint density at radius 3 is 2.63 bits per heavy atom. The van der Waals surface area contributed by atoms with Gasteiger partial charge in [0.2, 0.25) is 11.8 Å². The predicted octanol–water partition coefficient (Wildman–Crippen LogP) is 3.03. The number of alkyl halides is 1. The van der Waals surface area contributed by atoms with Crippen molar-refractivity contribution in [1.82, 2.24) is 9.97 Å². The molecule has 0 saturated carbocycles. The molecule has 1 aromatic rings. The minimum Gasteiger partial charge on any atom is -0.475 e. The number of aryl methyl sites for hydroxylation is 1. The zero-order valence-corrected chi connectivity index (χ0v) is 12.7. The van der Waals surface area contributed by atoms with Gasteiger partial charge in [0.05, 0.1) is 6.10 Å². The Morgan fingerprint density at radius 1 is 1.37 bits per heavy atom. The smallest absolute Gasteiger partial charge is 0.228 e. The zero-order valence-electron chi connectivity index (χ0n) is 11.9. The van der Waals surface area contributed by atoms with Crippen LogP contribution >= 0.6 is 11.6 Å². The molecule has 0 N–H and O–H groups in total. The fourth-order valence-electron chi connectivity index (χ4n) is 2.26. The number of piperidine rings is 1. The number of nitrogens with zero attached hydrogens (tertiary/aromatic N) is 3. The second-order valence-electron chi connectivity index (χ2n) is 5.40. The minimum atomic E-state index is 0.129. The normalized spacial score (nSPS) is 17.0. The van der Waals surface area contributed by atoms with Crippen molar-refractivity contribution >= 4 is 17.5 Å². The molecule has 0 atom stereocenters. The van der Waals surface area contributed by atoms with Crippen molar-refractivity contribution < 1.29 is 4.74 Å². The summed E-state index contributed by atoms with van der Waals surface area (Å²) in [5, 5.41) is 0. The second-order valence-corrected chi connectivity index (χ2v) is 5.71. The van der Waals surface area contributed by atoms with Crippen LogP contribution in [0.4, 0.5) is 5.95 Å². The van der Waals surface area contributed by atoms with Crippen LogP contribution in [-0.4, -0.2) is 35.0 Å². The summed E-state index contributed by atoms with van der Waals surface area (Å²) in [4.78, 5) is 11.3. The first-order valence-electron chi connectivity index (χ1n) is 6.91. The molecule has 0 aromatic carbocycles. The summed E-state index contributed by atoms with van der Waals surface area (Å²) in [6, 6.07) is 1.88. The first-order valence-corrected chi connectivity index (χ1v) is 7.45. The van der Waals surface area contributed by atoms with Gasteiger partial charge in [-0.05, 0) is 39.5 Å². The van der Waals surface area contributed by atoms with Crippen LogP contribution in [0.3, 0.4) is 0 Å². The summed E-state index contributed by atoms with van der Waals surface area (Å²) in [6.45, 7) is 7.93. The van der Waals surface area contributed by atoms with Crippen molar-refractivity contribution in [2.75, 3.05) is 23.9 Å². The maximum atomic E-state index is 5.91. The van der Waals surface area contributed by atoms with E-state index >= 15 is 0 Å². The Hall–Kier alpha value is -1.03. The summed E-state index contributed by atoms with van der Waals surface area (Å²) in [5.41, 5.74) is 0.945. The van der Waals surface area contributed by atoms with E-state index in [0.717, 1.165) is 43.5 Å². The lowest BCUT2D eigenvalue weighted by molar-refractivity contribution is 0.232. The predicted molar refractivity (Wildman–Crippen MR) is 78.2 cm³/mol. The van der Waals surface area contributed by atoms with Gasteiger partial charge in [-0.15, -0.1) is 11.6 Å². The highest BCUT2D eigenvalue weighted by molar-refractivity contribution is 6.18. The Bertz CT molecular complexity index is 417. The summed E-state index contributed by atoms with van der Waals surface area (Å²) >= 11 is 5.91. The molecule has 0 bridgehead atoms. The molecule has 1 saturated heterocycles. The third-order valence-electron chi connectivity index (χ3n) is 3.29. The van der Waals surface area contributed by atoms with E-state index in [9.17, 15) is 0 Å². The number of halogens is 1. The van der Waals surface area contributed by atoms with Gasteiger partial charge in [0, 0.05) is 30.7 Å². The molecule has 1 aliphatic heterocycles. The summed E-state index contributed by atoms with van der Waals surface area (Å²) < 4.78 is 5.67. The van der Waals surface area contributed by atoms with E-state index in [4.69, 9.17) is 16.3 Å². The van der Waals surface area contributed by atoms with Crippen molar-refractivity contribution in [3.8, 4) is 5.88 Å². The van der Waals surface area contributed by atoms with E-state index in [1.807, 2.05) is 26.8 Å². The van der Waals surface area contributed by atoms with Crippen LogP contribution in [0.5, 0.6) is 5.88 Å². The summed E-state index contributed by atoms with van der Waals surface area (Å²) in [5.74, 6) is 2.83. The Kier molecular flexibility index (Phi) is 4.86. The second kappa shape index (κ2) is 6.42. The van der Waals surface area contributed by atoms with Crippen molar-refractivity contribution in [2.24, 2.45) is 5.92 Å². The van der Waals surface area contributed by atoms with E-state index in [2.05, 4.69) is 14.9 Å². The SMILES string of the molecule is Cc1cc(OC(C)C)nc(N2CCC(CCl)CC2)n1. The quantitative estimate of drug-likeness (QED) is 0.796. The standard InChI is InChI=1S/C14H22ClN3O/c1-10(2)19-13-8-11(3)16-14(17-13)18-6-4-12(9-15)5-7-18/h8,10,12H,4-7,9H2,1-3H3. The van der Waals surface area contributed by atoms with Crippen molar-refractivity contribution in [3.05, 3.63) is 11.8 Å². The molecule has 0 radical (unpaired) electrons. The molecule has 0 spiro atoms. The number of rotatable bonds is 4. The fourth-order valence-corrected chi connectivity index (χ4v) is 2.56. The highest BCUT2D eigenvalue weighted by atomic mass is 35.5. The number of aromatic nitrogens is 2. The Balaban J connectivity index is 2.09. The molecule has 0 unspecified atom stereocenters. The summed E-state index contributed by atoms with van der Waals surface area (Å²) in [6.07, 6.45) is 2.35. The lowest BCUT2D eigenvalue weighted by Gasteiger charge is -2.31. The lowest BCUT2D eigenvalue weighted by Crippen LogP contribution is -2.35. The number of anilines is 1. The van der Waals surface area contributed by atoms with E-state index in [1.165, 1.54) is 0 Å². The molecule has 1 aliphatic rings. The van der Waals surface area contributed by atoms with Crippen LogP contribution in [-0.2, 0) is 0 Å². The van der Waals surface area contributed by atoms with Crippen molar-refractivity contribution in [2.45, 2.75) is 39.7 Å². The third-order valence-corrected chi connectivity index (χ3v) is 3.73. The van der Waals surface area contributed by atoms with Crippen LogP contribution in [0, 0.1) is 12.8 Å². The number of hydrogen-bond acceptors (Lipinski definition) is 4. The third kappa shape index (κ3) is 3.96. The highest BCUT2D eigenvalue weighted by Gasteiger charge is 2.21. The lowest BCUT2D eigenvalue weighted by atomic mass is 9.99. The largest absolute Gasteiger partial charge is 0.475 e. The van der Waals surface area contributed by atoms with E-state index in [-0.39, 0.29) is 6.10 Å². The van der Waals surface area contributed by atoms with Crippen LogP contribution < -0.4 is 9.64 Å². The van der Waals surface area contributed by atoms with Gasteiger partial charge in [-0.25, -0.2) is 4.98 Å². The maximum Gasteiger partial charge on any atom is 0.228 e. The van der Waals surface area contributed by atoms with E-state index in [0.29, 0.717) is 11.8 Å². The average Bonchev–Trinajstić information content (AvgIpc) is 2.37. The van der Waals surface area contributed by atoms with Gasteiger partial charge in [0.25, 0.3) is 0 Å². The molecule has 2 rings (SSSR count). The van der Waals surface area contributed by atoms with Gasteiger partial charge in [0.1, 0.15) is 0 Å². The molecule has 2 heterocycles. The molecule has 0 aliphatic carbocycles. The number of hydrogen-bond donors (Lipinski definition) is 0. The average molecular weight is 284 g/mol. The first kappa shape index (κ1) is 14.4. The maximum absolute atomic E-state index is 5.91. The van der Waals surface area contributed by atoms with Gasteiger partial charge < -0.3 is 9.64 Å². The molecule has 4 nitrogen and oxygen atoms in total. The van der Waals surface area contributed by atoms with Crippen LogP contribution in [0.15, 0.2) is 6.07 Å². The number of ether oxygens (including phenoxy) is 1. The highest BCUT2D eigenvalue weighted by Crippen LogP contribution is 2.23. The summed E-state index contributed by atoms with van der Waals surface area (Å²) in [7, 11) is 0. The van der Waals surface area contributed by atoms with Crippen molar-refractivity contribution in [3.63, 3.8) is 0 Å². The molecule has 19 heavy (non-hydrogen) atoms. The molecule has 5 heteroatoms. The van der Waals surface area contributed by atoms with Gasteiger partial charge in [-0.3, -0.25) is 0 Å². The Morgan fingerprint density at radius 2 is 2.05 bits per heavy atom. The van der Waals surface area contributed by atoms with Crippen LogP contribution in [0.25, 0.3) is 0 Å². The zero-order chi connectivity index (χ0) is 13.8. The van der Waals surface area contributed by atoms with Gasteiger partial charge in [0.15, 0.2) is 0 Å². The fraction of sp³-hybridized carbons (Fsp3) is 0.714. The van der Waals surface area contributed by atoms with E-state index < -0.39 is 0 Å². The monoisotopic (exact) mass is 283 g/mol. The van der Waals surface area contributed by atoms with Gasteiger partial charge in [-0.1, -0.05) is 0 Å². The first-order chi connectivity index (χ1) is 9.08. The Labute approximate surface area is 120 Å². The molecule has 0 amide bonds. The van der Waals surface area contributed by atoms with Crippen LogP contribution in [0.2, 0.25) is 0 Å². The van der Waals surface area contributed by atoms with Gasteiger partial charge >= 0.3 is 0 Å². The van der Waals surface area contributed by atoms with Crippen molar-refractivity contribution in [1.29, 1.82) is 0 Å². The topological polar surface area (TPSA) is 38.2 Å². The van der Waals surface area contributed by atoms with Crippen LogP contribution in [0.1, 0.15) is 32.4 Å². The molecule has 1 aromatic heterocycles.